The highest BCUT2D eigenvalue weighted by molar-refractivity contribution is 5.85. The van der Waals surface area contributed by atoms with E-state index in [4.69, 9.17) is 4.74 Å². The van der Waals surface area contributed by atoms with Gasteiger partial charge in [0.2, 0.25) is 0 Å². The summed E-state index contributed by atoms with van der Waals surface area (Å²) in [7, 11) is 0. The molecule has 0 saturated heterocycles. The van der Waals surface area contributed by atoms with Gasteiger partial charge >= 0.3 is 0 Å². The molecule has 2 N–H and O–H groups in total. The summed E-state index contributed by atoms with van der Waals surface area (Å²) in [5.41, 5.74) is 2.98. The zero-order valence-corrected chi connectivity index (χ0v) is 11.1. The van der Waals surface area contributed by atoms with E-state index in [2.05, 4.69) is 31.4 Å². The van der Waals surface area contributed by atoms with Crippen LogP contribution in [0.2, 0.25) is 0 Å². The van der Waals surface area contributed by atoms with Crippen molar-refractivity contribution in [3.63, 3.8) is 0 Å². The van der Waals surface area contributed by atoms with Crippen LogP contribution in [0.1, 0.15) is 12.6 Å². The summed E-state index contributed by atoms with van der Waals surface area (Å²) in [6.07, 6.45) is 5.93. The van der Waals surface area contributed by atoms with Crippen LogP contribution in [-0.2, 0) is 11.2 Å². The first-order chi connectivity index (χ1) is 9.88. The molecule has 6 nitrogen and oxygen atoms in total. The van der Waals surface area contributed by atoms with E-state index in [1.807, 2.05) is 25.1 Å². The quantitative estimate of drug-likeness (QED) is 0.697. The molecule has 0 spiro atoms. The zero-order chi connectivity index (χ0) is 13.8. The van der Waals surface area contributed by atoms with Crippen molar-refractivity contribution in [2.24, 2.45) is 0 Å². The lowest BCUT2D eigenvalue weighted by molar-refractivity contribution is 0.268. The van der Waals surface area contributed by atoms with E-state index >= 15 is 0 Å². The van der Waals surface area contributed by atoms with Crippen LogP contribution in [0.15, 0.2) is 36.9 Å². The Labute approximate surface area is 115 Å². The first kappa shape index (κ1) is 12.4. The average molecular weight is 269 g/mol. The highest BCUT2D eigenvalue weighted by Crippen LogP contribution is 2.23. The van der Waals surface area contributed by atoms with E-state index in [0.29, 0.717) is 6.61 Å². The van der Waals surface area contributed by atoms with E-state index < -0.39 is 0 Å². The first-order valence-electron chi connectivity index (χ1n) is 6.48. The molecule has 6 heteroatoms. The molecular weight excluding hydrogens is 254 g/mol. The van der Waals surface area contributed by atoms with Gasteiger partial charge in [-0.2, -0.15) is 10.2 Å². The minimum Gasteiger partial charge on any atom is -0.502 e. The minimum absolute atomic E-state index is 0.676. The maximum absolute atomic E-state index is 5.19. The lowest BCUT2D eigenvalue weighted by Gasteiger charge is -1.98. The second kappa shape index (κ2) is 5.56. The fourth-order valence-corrected chi connectivity index (χ4v) is 2.04. The fraction of sp³-hybridized carbons (Fsp3) is 0.214. The van der Waals surface area contributed by atoms with Gasteiger partial charge in [-0.25, -0.2) is 4.98 Å². The summed E-state index contributed by atoms with van der Waals surface area (Å²) in [6.45, 7) is 2.63. The van der Waals surface area contributed by atoms with Gasteiger partial charge in [-0.05, 0) is 31.2 Å². The molecule has 3 rings (SSSR count). The molecule has 2 aromatic heterocycles. The summed E-state index contributed by atoms with van der Waals surface area (Å²) in [5, 5.41) is 15.2. The number of hydrogen-bond acceptors (Lipinski definition) is 4. The maximum atomic E-state index is 5.19. The molecule has 20 heavy (non-hydrogen) atoms. The zero-order valence-electron chi connectivity index (χ0n) is 11.1. The van der Waals surface area contributed by atoms with Gasteiger partial charge in [-0.3, -0.25) is 10.2 Å². The molecule has 0 aliphatic rings. The van der Waals surface area contributed by atoms with E-state index in [-0.39, 0.29) is 0 Å². The van der Waals surface area contributed by atoms with Crippen LogP contribution < -0.4 is 0 Å². The predicted molar refractivity (Wildman–Crippen MR) is 75.9 cm³/mol. The Bertz CT molecular complexity index is 714. The highest BCUT2D eigenvalue weighted by atomic mass is 16.5. The molecule has 0 amide bonds. The smallest absolute Gasteiger partial charge is 0.155 e. The van der Waals surface area contributed by atoms with Gasteiger partial charge < -0.3 is 4.74 Å². The second-order valence-corrected chi connectivity index (χ2v) is 4.30. The number of nitrogens with zero attached hydrogens (tertiary/aromatic N) is 3. The fourth-order valence-electron chi connectivity index (χ4n) is 2.04. The van der Waals surface area contributed by atoms with Gasteiger partial charge in [-0.15, -0.1) is 0 Å². The van der Waals surface area contributed by atoms with Crippen LogP contribution in [0.4, 0.5) is 0 Å². The molecule has 102 valence electrons. The molecule has 2 heterocycles. The Kier molecular flexibility index (Phi) is 3.45. The van der Waals surface area contributed by atoms with Crippen LogP contribution in [0, 0.1) is 0 Å². The number of aromatic amines is 2. The third-order valence-electron chi connectivity index (χ3n) is 3.00. The Morgan fingerprint density at radius 3 is 3.05 bits per heavy atom. The summed E-state index contributed by atoms with van der Waals surface area (Å²) in [5.74, 6) is 0.754. The van der Waals surface area contributed by atoms with Crippen molar-refractivity contribution in [3.8, 4) is 11.4 Å². The molecule has 0 aliphatic heterocycles. The number of ether oxygens (including phenoxy) is 1. The number of benzene rings is 1. The van der Waals surface area contributed by atoms with Gasteiger partial charge in [-0.1, -0.05) is 0 Å². The normalized spacial score (nSPS) is 11.4. The Morgan fingerprint density at radius 1 is 1.30 bits per heavy atom. The second-order valence-electron chi connectivity index (χ2n) is 4.30. The van der Waals surface area contributed by atoms with Gasteiger partial charge in [0, 0.05) is 23.1 Å². The van der Waals surface area contributed by atoms with Crippen molar-refractivity contribution in [2.75, 3.05) is 6.61 Å². The van der Waals surface area contributed by atoms with Crippen molar-refractivity contribution < 1.29 is 4.74 Å². The molecule has 0 fully saturated rings. The number of nitrogens with one attached hydrogen (secondary N) is 2. The van der Waals surface area contributed by atoms with Crippen LogP contribution in [0.5, 0.6) is 0 Å². The van der Waals surface area contributed by atoms with E-state index in [0.717, 1.165) is 34.4 Å². The van der Waals surface area contributed by atoms with E-state index in [9.17, 15) is 0 Å². The SMILES string of the molecule is CCO/C=C/Cc1[nH]nc2ccc(-c3ncn[nH]3)cc12. The Morgan fingerprint density at radius 2 is 2.25 bits per heavy atom. The predicted octanol–water partition coefficient (Wildman–Crippen LogP) is 2.44. The van der Waals surface area contributed by atoms with E-state index in [1.54, 1.807) is 6.26 Å². The van der Waals surface area contributed by atoms with Crippen LogP contribution in [-0.4, -0.2) is 32.0 Å². The molecular formula is C14H15N5O. The molecule has 0 aliphatic carbocycles. The maximum Gasteiger partial charge on any atom is 0.155 e. The third-order valence-corrected chi connectivity index (χ3v) is 3.00. The largest absolute Gasteiger partial charge is 0.502 e. The van der Waals surface area contributed by atoms with Gasteiger partial charge in [0.05, 0.1) is 18.4 Å². The number of H-pyrrole nitrogens is 2. The van der Waals surface area contributed by atoms with Crippen LogP contribution >= 0.6 is 0 Å². The Balaban J connectivity index is 1.91. The van der Waals surface area contributed by atoms with Crippen molar-refractivity contribution in [3.05, 3.63) is 42.6 Å². The molecule has 0 radical (unpaired) electrons. The van der Waals surface area contributed by atoms with Crippen molar-refractivity contribution in [1.29, 1.82) is 0 Å². The minimum atomic E-state index is 0.676. The van der Waals surface area contributed by atoms with Crippen molar-refractivity contribution >= 4 is 10.9 Å². The molecule has 1 aromatic carbocycles. The highest BCUT2D eigenvalue weighted by Gasteiger charge is 2.07. The summed E-state index contributed by atoms with van der Waals surface area (Å²) in [4.78, 5) is 4.16. The Hall–Kier alpha value is -2.63. The van der Waals surface area contributed by atoms with Crippen LogP contribution in [0.3, 0.4) is 0 Å². The monoisotopic (exact) mass is 269 g/mol. The molecule has 0 unspecified atom stereocenters. The van der Waals surface area contributed by atoms with Crippen molar-refractivity contribution in [2.45, 2.75) is 13.3 Å². The van der Waals surface area contributed by atoms with Gasteiger partial charge in [0.1, 0.15) is 6.33 Å². The number of aromatic nitrogens is 5. The van der Waals surface area contributed by atoms with Crippen LogP contribution in [0.25, 0.3) is 22.3 Å². The third kappa shape index (κ3) is 2.40. The van der Waals surface area contributed by atoms with Crippen molar-refractivity contribution in [1.82, 2.24) is 25.4 Å². The summed E-state index contributed by atoms with van der Waals surface area (Å²) < 4.78 is 5.19. The number of hydrogen-bond donors (Lipinski definition) is 2. The summed E-state index contributed by atoms with van der Waals surface area (Å²) in [6, 6.07) is 6.01. The lowest BCUT2D eigenvalue weighted by atomic mass is 10.1. The van der Waals surface area contributed by atoms with E-state index in [1.165, 1.54) is 6.33 Å². The van der Waals surface area contributed by atoms with Gasteiger partial charge in [0.15, 0.2) is 5.82 Å². The average Bonchev–Trinajstić information content (AvgIpc) is 3.13. The van der Waals surface area contributed by atoms with Gasteiger partial charge in [0.25, 0.3) is 0 Å². The molecule has 3 aromatic rings. The first-order valence-corrected chi connectivity index (χ1v) is 6.48. The summed E-state index contributed by atoms with van der Waals surface area (Å²) >= 11 is 0. The number of rotatable bonds is 5. The number of fused-ring (bicyclic) bond motifs is 1. The molecule has 0 saturated carbocycles. The molecule has 0 bridgehead atoms. The standard InChI is InChI=1S/C14H15N5O/c1-2-20-7-3-4-12-11-8-10(14-15-9-16-19-14)5-6-13(11)18-17-12/h3,5-9H,2,4H2,1H3,(H,17,18)(H,15,16,19)/b7-3+. The lowest BCUT2D eigenvalue weighted by Crippen LogP contribution is -1.85. The molecule has 0 atom stereocenters. The topological polar surface area (TPSA) is 79.5 Å². The number of allylic oxidation sites excluding steroid dienone is 1.